The highest BCUT2D eigenvalue weighted by atomic mass is 16.4. The maximum atomic E-state index is 12.1. The fraction of sp³-hybridized carbons (Fsp3) is 0.444. The minimum Gasteiger partial charge on any atom is -0.480 e. The van der Waals surface area contributed by atoms with E-state index in [-0.39, 0.29) is 12.5 Å². The molecule has 1 aromatic carbocycles. The molecule has 1 aromatic heterocycles. The highest BCUT2D eigenvalue weighted by molar-refractivity contribution is 5.86. The van der Waals surface area contributed by atoms with Gasteiger partial charge in [0, 0.05) is 29.6 Å². The number of hydrogen-bond acceptors (Lipinski definition) is 2. The van der Waals surface area contributed by atoms with E-state index in [4.69, 9.17) is 0 Å². The van der Waals surface area contributed by atoms with Crippen LogP contribution in [-0.2, 0) is 11.2 Å². The van der Waals surface area contributed by atoms with Crippen LogP contribution < -0.4 is 10.6 Å². The third kappa shape index (κ3) is 3.88. The number of benzene rings is 1. The number of urea groups is 1. The van der Waals surface area contributed by atoms with E-state index in [9.17, 15) is 14.7 Å². The van der Waals surface area contributed by atoms with Crippen LogP contribution in [0.3, 0.4) is 0 Å². The molecule has 1 atom stereocenters. The van der Waals surface area contributed by atoms with Crippen molar-refractivity contribution in [2.24, 2.45) is 0 Å². The number of carbonyl (C=O) groups is 2. The topological polar surface area (TPSA) is 94.2 Å². The van der Waals surface area contributed by atoms with Crippen LogP contribution in [0.4, 0.5) is 4.79 Å². The zero-order valence-corrected chi connectivity index (χ0v) is 13.5. The number of carboxylic acids is 1. The van der Waals surface area contributed by atoms with Crippen LogP contribution >= 0.6 is 0 Å². The lowest BCUT2D eigenvalue weighted by molar-refractivity contribution is -0.139. The normalized spacial score (nSPS) is 16.7. The second-order valence-electron chi connectivity index (χ2n) is 6.41. The van der Waals surface area contributed by atoms with Gasteiger partial charge in [0.1, 0.15) is 6.04 Å². The van der Waals surface area contributed by atoms with Crippen LogP contribution in [0, 0.1) is 0 Å². The van der Waals surface area contributed by atoms with Crippen LogP contribution in [0.1, 0.15) is 37.7 Å². The van der Waals surface area contributed by atoms with Gasteiger partial charge < -0.3 is 20.7 Å². The van der Waals surface area contributed by atoms with Crippen molar-refractivity contribution in [3.8, 4) is 0 Å². The lowest BCUT2D eigenvalue weighted by Crippen LogP contribution is -2.50. The van der Waals surface area contributed by atoms with Gasteiger partial charge in [0.25, 0.3) is 0 Å². The van der Waals surface area contributed by atoms with Gasteiger partial charge in [0.05, 0.1) is 0 Å². The van der Waals surface area contributed by atoms with Crippen molar-refractivity contribution in [1.29, 1.82) is 0 Å². The summed E-state index contributed by atoms with van der Waals surface area (Å²) in [6.07, 6.45) is 7.42. The van der Waals surface area contributed by atoms with Gasteiger partial charge in [0.15, 0.2) is 0 Å². The SMILES string of the molecule is O=C(NC1CCCCC1)N[C@H](Cc1c[nH]c2ccccc12)C(=O)O. The molecule has 1 heterocycles. The quantitative estimate of drug-likeness (QED) is 0.679. The summed E-state index contributed by atoms with van der Waals surface area (Å²) in [5.74, 6) is -1.03. The van der Waals surface area contributed by atoms with E-state index in [2.05, 4.69) is 15.6 Å². The molecule has 0 aliphatic heterocycles. The summed E-state index contributed by atoms with van der Waals surface area (Å²) in [4.78, 5) is 26.8. The predicted molar refractivity (Wildman–Crippen MR) is 92.0 cm³/mol. The molecule has 4 N–H and O–H groups in total. The number of carbonyl (C=O) groups excluding carboxylic acids is 1. The fourth-order valence-electron chi connectivity index (χ4n) is 3.35. The minimum atomic E-state index is -1.03. The van der Waals surface area contributed by atoms with Crippen LogP contribution in [-0.4, -0.2) is 34.2 Å². The fourth-order valence-corrected chi connectivity index (χ4v) is 3.35. The lowest BCUT2D eigenvalue weighted by atomic mass is 9.96. The van der Waals surface area contributed by atoms with Crippen LogP contribution in [0.5, 0.6) is 0 Å². The number of hydrogen-bond donors (Lipinski definition) is 4. The highest BCUT2D eigenvalue weighted by Crippen LogP contribution is 2.19. The van der Waals surface area contributed by atoms with Gasteiger partial charge in [-0.05, 0) is 24.5 Å². The predicted octanol–water partition coefficient (Wildman–Crippen LogP) is 2.80. The molecule has 0 bridgehead atoms. The van der Waals surface area contributed by atoms with Crippen molar-refractivity contribution in [2.75, 3.05) is 0 Å². The summed E-state index contributed by atoms with van der Waals surface area (Å²) in [6, 6.07) is 6.54. The third-order valence-corrected chi connectivity index (χ3v) is 4.64. The second-order valence-corrected chi connectivity index (χ2v) is 6.41. The molecule has 2 amide bonds. The van der Waals surface area contributed by atoms with Gasteiger partial charge in [-0.25, -0.2) is 9.59 Å². The Morgan fingerprint density at radius 1 is 1.21 bits per heavy atom. The molecule has 0 unspecified atom stereocenters. The number of rotatable bonds is 5. The van der Waals surface area contributed by atoms with Crippen LogP contribution in [0.25, 0.3) is 10.9 Å². The highest BCUT2D eigenvalue weighted by Gasteiger charge is 2.23. The first-order valence-electron chi connectivity index (χ1n) is 8.48. The Morgan fingerprint density at radius 3 is 2.71 bits per heavy atom. The van der Waals surface area contributed by atoms with Crippen molar-refractivity contribution in [1.82, 2.24) is 15.6 Å². The van der Waals surface area contributed by atoms with E-state index in [1.807, 2.05) is 24.3 Å². The van der Waals surface area contributed by atoms with E-state index in [0.29, 0.717) is 0 Å². The first kappa shape index (κ1) is 16.4. The molecule has 1 saturated carbocycles. The maximum absolute atomic E-state index is 12.1. The van der Waals surface area contributed by atoms with Gasteiger partial charge in [-0.2, -0.15) is 0 Å². The smallest absolute Gasteiger partial charge is 0.326 e. The molecule has 0 spiro atoms. The zero-order valence-electron chi connectivity index (χ0n) is 13.5. The molecule has 3 rings (SSSR count). The van der Waals surface area contributed by atoms with Crippen molar-refractivity contribution in [2.45, 2.75) is 50.6 Å². The third-order valence-electron chi connectivity index (χ3n) is 4.64. The summed E-state index contributed by atoms with van der Waals surface area (Å²) in [5.41, 5.74) is 1.85. The van der Waals surface area contributed by atoms with Gasteiger partial charge in [0.2, 0.25) is 0 Å². The van der Waals surface area contributed by atoms with Gasteiger partial charge in [-0.15, -0.1) is 0 Å². The maximum Gasteiger partial charge on any atom is 0.326 e. The monoisotopic (exact) mass is 329 g/mol. The van der Waals surface area contributed by atoms with Gasteiger partial charge in [-0.1, -0.05) is 37.5 Å². The molecule has 128 valence electrons. The summed E-state index contributed by atoms with van der Waals surface area (Å²) in [5, 5.41) is 15.9. The molecule has 6 heteroatoms. The molecule has 1 aliphatic carbocycles. The number of aromatic amines is 1. The van der Waals surface area contributed by atoms with Gasteiger partial charge >= 0.3 is 12.0 Å². The number of para-hydroxylation sites is 1. The molecule has 0 saturated heterocycles. The number of H-pyrrole nitrogens is 1. The Bertz CT molecular complexity index is 719. The van der Waals surface area contributed by atoms with E-state index in [1.54, 1.807) is 6.20 Å². The van der Waals surface area contributed by atoms with Crippen molar-refractivity contribution in [3.05, 3.63) is 36.0 Å². The standard InChI is InChI=1S/C18H23N3O3/c22-17(23)16(21-18(24)20-13-6-2-1-3-7-13)10-12-11-19-15-9-5-4-8-14(12)15/h4-5,8-9,11,13,16,19H,1-3,6-7,10H2,(H,22,23)(H2,20,21,24)/t16-/m1/s1. The van der Waals surface area contributed by atoms with E-state index >= 15 is 0 Å². The number of amides is 2. The van der Waals surface area contributed by atoms with Crippen molar-refractivity contribution >= 4 is 22.9 Å². The number of fused-ring (bicyclic) bond motifs is 1. The number of carboxylic acid groups (broad SMARTS) is 1. The van der Waals surface area contributed by atoms with Crippen molar-refractivity contribution in [3.63, 3.8) is 0 Å². The first-order valence-corrected chi connectivity index (χ1v) is 8.48. The van der Waals surface area contributed by atoms with Crippen LogP contribution in [0.2, 0.25) is 0 Å². The molecule has 2 aromatic rings. The first-order chi connectivity index (χ1) is 11.6. The molecular weight excluding hydrogens is 306 g/mol. The molecule has 0 radical (unpaired) electrons. The molecule has 1 fully saturated rings. The van der Waals surface area contributed by atoms with E-state index < -0.39 is 18.0 Å². The largest absolute Gasteiger partial charge is 0.480 e. The van der Waals surface area contributed by atoms with E-state index in [0.717, 1.165) is 42.1 Å². The van der Waals surface area contributed by atoms with Crippen LogP contribution in [0.15, 0.2) is 30.5 Å². The molecule has 1 aliphatic rings. The lowest BCUT2D eigenvalue weighted by Gasteiger charge is -2.24. The second kappa shape index (κ2) is 7.38. The number of aromatic nitrogens is 1. The summed E-state index contributed by atoms with van der Waals surface area (Å²) in [6.45, 7) is 0. The number of nitrogens with one attached hydrogen (secondary N) is 3. The molecule has 24 heavy (non-hydrogen) atoms. The zero-order chi connectivity index (χ0) is 16.9. The average molecular weight is 329 g/mol. The minimum absolute atomic E-state index is 0.154. The Hall–Kier alpha value is -2.50. The summed E-state index contributed by atoms with van der Waals surface area (Å²) in [7, 11) is 0. The Balaban J connectivity index is 1.64. The average Bonchev–Trinajstić information content (AvgIpc) is 2.98. The van der Waals surface area contributed by atoms with E-state index in [1.165, 1.54) is 6.42 Å². The summed E-state index contributed by atoms with van der Waals surface area (Å²) < 4.78 is 0. The number of aliphatic carboxylic acids is 1. The molecular formula is C18H23N3O3. The molecule has 6 nitrogen and oxygen atoms in total. The Labute approximate surface area is 140 Å². The van der Waals surface area contributed by atoms with Gasteiger partial charge in [-0.3, -0.25) is 0 Å². The Kier molecular flexibility index (Phi) is 5.03. The Morgan fingerprint density at radius 2 is 1.96 bits per heavy atom. The summed E-state index contributed by atoms with van der Waals surface area (Å²) >= 11 is 0. The van der Waals surface area contributed by atoms with Crippen molar-refractivity contribution < 1.29 is 14.7 Å².